The van der Waals surface area contributed by atoms with E-state index >= 15 is 0 Å². The first-order valence-electron chi connectivity index (χ1n) is 6.18. The lowest BCUT2D eigenvalue weighted by Gasteiger charge is -2.06. The summed E-state index contributed by atoms with van der Waals surface area (Å²) >= 11 is 1.37. The number of carboxylic acids is 1. The maximum absolute atomic E-state index is 13.8. The van der Waals surface area contributed by atoms with Crippen LogP contribution in [0, 0.1) is 19.7 Å². The molecular weight excluding hydrogens is 275 g/mol. The average Bonchev–Trinajstić information content (AvgIpc) is 2.36. The number of carbonyl (C=O) groups is 1. The smallest absolute Gasteiger partial charge is 0.335 e. The quantitative estimate of drug-likeness (QED) is 0.846. The van der Waals surface area contributed by atoms with Gasteiger partial charge in [-0.1, -0.05) is 29.3 Å². The van der Waals surface area contributed by atoms with E-state index in [-0.39, 0.29) is 5.56 Å². The molecular formula is C16H15FO2S. The number of hydrogen-bond donors (Lipinski definition) is 1. The summed E-state index contributed by atoms with van der Waals surface area (Å²) in [4.78, 5) is 11.2. The van der Waals surface area contributed by atoms with Gasteiger partial charge in [-0.25, -0.2) is 9.18 Å². The van der Waals surface area contributed by atoms with Crippen molar-refractivity contribution >= 4 is 17.7 Å². The number of carboxylic acid groups (broad SMARTS) is 1. The molecule has 4 heteroatoms. The maximum Gasteiger partial charge on any atom is 0.335 e. The van der Waals surface area contributed by atoms with Crippen molar-refractivity contribution in [1.82, 2.24) is 0 Å². The molecule has 0 fully saturated rings. The Hall–Kier alpha value is -1.81. The van der Waals surface area contributed by atoms with Crippen LogP contribution in [0.25, 0.3) is 0 Å². The molecule has 0 aromatic heterocycles. The minimum absolute atomic E-state index is 0.0294. The number of thioether (sulfide) groups is 1. The highest BCUT2D eigenvalue weighted by molar-refractivity contribution is 7.98. The van der Waals surface area contributed by atoms with Gasteiger partial charge >= 0.3 is 5.97 Å². The summed E-state index contributed by atoms with van der Waals surface area (Å²) in [7, 11) is 0. The third-order valence-corrected chi connectivity index (χ3v) is 3.97. The molecule has 20 heavy (non-hydrogen) atoms. The van der Waals surface area contributed by atoms with Crippen molar-refractivity contribution in [2.75, 3.05) is 0 Å². The van der Waals surface area contributed by atoms with Crippen LogP contribution in [-0.2, 0) is 5.75 Å². The predicted octanol–water partition coefficient (Wildman–Crippen LogP) is 4.43. The van der Waals surface area contributed by atoms with E-state index in [9.17, 15) is 9.18 Å². The Morgan fingerprint density at radius 1 is 1.15 bits per heavy atom. The van der Waals surface area contributed by atoms with E-state index < -0.39 is 11.8 Å². The summed E-state index contributed by atoms with van der Waals surface area (Å²) in [5, 5.41) is 8.80. The van der Waals surface area contributed by atoms with Gasteiger partial charge < -0.3 is 5.11 Å². The number of benzene rings is 2. The number of hydrogen-bond acceptors (Lipinski definition) is 2. The topological polar surface area (TPSA) is 37.3 Å². The second-order valence-corrected chi connectivity index (χ2v) is 5.75. The van der Waals surface area contributed by atoms with Crippen molar-refractivity contribution < 1.29 is 14.3 Å². The second-order valence-electron chi connectivity index (χ2n) is 4.73. The fraction of sp³-hybridized carbons (Fsp3) is 0.188. The predicted molar refractivity (Wildman–Crippen MR) is 78.8 cm³/mol. The summed E-state index contributed by atoms with van der Waals surface area (Å²) in [6, 6.07) is 10.2. The summed E-state index contributed by atoms with van der Waals surface area (Å²) in [6.07, 6.45) is 0. The highest BCUT2D eigenvalue weighted by Crippen LogP contribution is 2.27. The normalized spacial score (nSPS) is 10.6. The maximum atomic E-state index is 13.8. The SMILES string of the molecule is Cc1cc(C)cc(CSc2ccc(C(=O)O)cc2F)c1. The Bertz CT molecular complexity index is 633. The number of halogens is 1. The van der Waals surface area contributed by atoms with Crippen LogP contribution in [0.3, 0.4) is 0 Å². The fourth-order valence-electron chi connectivity index (χ4n) is 2.06. The van der Waals surface area contributed by atoms with Gasteiger partial charge in [-0.3, -0.25) is 0 Å². The van der Waals surface area contributed by atoms with Gasteiger partial charge in [0.2, 0.25) is 0 Å². The molecule has 0 atom stereocenters. The Morgan fingerprint density at radius 3 is 2.35 bits per heavy atom. The van der Waals surface area contributed by atoms with Gasteiger partial charge in [-0.2, -0.15) is 0 Å². The molecule has 0 aliphatic rings. The first kappa shape index (κ1) is 14.6. The van der Waals surface area contributed by atoms with Gasteiger partial charge in [-0.15, -0.1) is 11.8 Å². The van der Waals surface area contributed by atoms with Gasteiger partial charge in [0.25, 0.3) is 0 Å². The van der Waals surface area contributed by atoms with Crippen LogP contribution >= 0.6 is 11.8 Å². The summed E-state index contributed by atoms with van der Waals surface area (Å²) < 4.78 is 13.8. The molecule has 0 amide bonds. The molecule has 0 saturated carbocycles. The highest BCUT2D eigenvalue weighted by Gasteiger charge is 2.09. The monoisotopic (exact) mass is 290 g/mol. The molecule has 0 aliphatic heterocycles. The van der Waals surface area contributed by atoms with Crippen LogP contribution in [0.1, 0.15) is 27.0 Å². The van der Waals surface area contributed by atoms with Crippen molar-refractivity contribution in [2.24, 2.45) is 0 Å². The first-order chi connectivity index (χ1) is 9.45. The van der Waals surface area contributed by atoms with Crippen LogP contribution < -0.4 is 0 Å². The molecule has 2 rings (SSSR count). The zero-order valence-corrected chi connectivity index (χ0v) is 12.1. The molecule has 104 valence electrons. The lowest BCUT2D eigenvalue weighted by molar-refractivity contribution is 0.0696. The summed E-state index contributed by atoms with van der Waals surface area (Å²) in [5.74, 6) is -0.944. The Kier molecular flexibility index (Phi) is 4.45. The van der Waals surface area contributed by atoms with Gasteiger partial charge in [0.05, 0.1) is 5.56 Å². The lowest BCUT2D eigenvalue weighted by atomic mass is 10.1. The van der Waals surface area contributed by atoms with E-state index in [2.05, 4.69) is 18.2 Å². The summed E-state index contributed by atoms with van der Waals surface area (Å²) in [5.41, 5.74) is 3.47. The zero-order chi connectivity index (χ0) is 14.7. The van der Waals surface area contributed by atoms with E-state index in [4.69, 9.17) is 5.11 Å². The van der Waals surface area contributed by atoms with Crippen molar-refractivity contribution in [3.63, 3.8) is 0 Å². The third kappa shape index (κ3) is 3.61. The van der Waals surface area contributed by atoms with Gasteiger partial charge in [-0.05, 0) is 37.6 Å². The zero-order valence-electron chi connectivity index (χ0n) is 11.3. The van der Waals surface area contributed by atoms with Crippen molar-refractivity contribution in [2.45, 2.75) is 24.5 Å². The number of rotatable bonds is 4. The minimum atomic E-state index is -1.12. The van der Waals surface area contributed by atoms with Crippen LogP contribution in [-0.4, -0.2) is 11.1 Å². The van der Waals surface area contributed by atoms with Crippen LogP contribution in [0.2, 0.25) is 0 Å². The summed E-state index contributed by atoms with van der Waals surface area (Å²) in [6.45, 7) is 4.06. The lowest BCUT2D eigenvalue weighted by Crippen LogP contribution is -1.97. The molecule has 0 unspecified atom stereocenters. The number of aryl methyl sites for hydroxylation is 2. The van der Waals surface area contributed by atoms with E-state index in [1.165, 1.54) is 35.0 Å². The Labute approximate surface area is 121 Å². The van der Waals surface area contributed by atoms with Gasteiger partial charge in [0, 0.05) is 10.6 Å². The fourth-order valence-corrected chi connectivity index (χ4v) is 2.91. The molecule has 1 N–H and O–H groups in total. The van der Waals surface area contributed by atoms with Crippen LogP contribution in [0.15, 0.2) is 41.3 Å². The van der Waals surface area contributed by atoms with E-state index in [0.717, 1.165) is 11.6 Å². The number of aromatic carboxylic acids is 1. The Morgan fingerprint density at radius 2 is 1.80 bits per heavy atom. The van der Waals surface area contributed by atoms with Crippen molar-refractivity contribution in [3.8, 4) is 0 Å². The van der Waals surface area contributed by atoms with E-state index in [1.54, 1.807) is 0 Å². The molecule has 0 radical (unpaired) electrons. The average molecular weight is 290 g/mol. The van der Waals surface area contributed by atoms with Gasteiger partial charge in [0.15, 0.2) is 0 Å². The minimum Gasteiger partial charge on any atom is -0.478 e. The standard InChI is InChI=1S/C16H15FO2S/c1-10-5-11(2)7-12(6-10)9-20-15-4-3-13(16(18)19)8-14(15)17/h3-8H,9H2,1-2H3,(H,18,19). The third-order valence-electron chi connectivity index (χ3n) is 2.85. The molecule has 0 heterocycles. The molecule has 2 aromatic rings. The van der Waals surface area contributed by atoms with E-state index in [0.29, 0.717) is 10.6 Å². The van der Waals surface area contributed by atoms with Crippen LogP contribution in [0.5, 0.6) is 0 Å². The van der Waals surface area contributed by atoms with Crippen molar-refractivity contribution in [3.05, 3.63) is 64.5 Å². The van der Waals surface area contributed by atoms with Crippen LogP contribution in [0.4, 0.5) is 4.39 Å². The van der Waals surface area contributed by atoms with Gasteiger partial charge in [0.1, 0.15) is 5.82 Å². The molecule has 0 aliphatic carbocycles. The highest BCUT2D eigenvalue weighted by atomic mass is 32.2. The second kappa shape index (κ2) is 6.09. The largest absolute Gasteiger partial charge is 0.478 e. The Balaban J connectivity index is 2.12. The first-order valence-corrected chi connectivity index (χ1v) is 7.17. The molecule has 2 aromatic carbocycles. The van der Waals surface area contributed by atoms with Crippen molar-refractivity contribution in [1.29, 1.82) is 0 Å². The molecule has 2 nitrogen and oxygen atoms in total. The van der Waals surface area contributed by atoms with E-state index in [1.807, 2.05) is 13.8 Å². The molecule has 0 saturated heterocycles. The molecule has 0 bridgehead atoms. The molecule has 0 spiro atoms.